The van der Waals surface area contributed by atoms with Crippen molar-refractivity contribution in [3.8, 4) is 0 Å². The molecule has 0 aromatic heterocycles. The number of ether oxygens (including phenoxy) is 1. The Hall–Kier alpha value is -1.09. The summed E-state index contributed by atoms with van der Waals surface area (Å²) in [5.41, 5.74) is 0.849. The Bertz CT molecular complexity index is 431. The number of nitrogens with zero attached hydrogens (tertiary/aromatic N) is 1. The van der Waals surface area contributed by atoms with Crippen LogP contribution < -0.4 is 0 Å². The Labute approximate surface area is 116 Å². The topological polar surface area (TPSA) is 29.5 Å². The average Bonchev–Trinajstić information content (AvgIpc) is 2.52. The van der Waals surface area contributed by atoms with E-state index in [2.05, 4.69) is 24.6 Å². The molecule has 1 unspecified atom stereocenters. The van der Waals surface area contributed by atoms with Gasteiger partial charge in [0.1, 0.15) is 5.76 Å². The Balaban J connectivity index is 2.16. The predicted octanol–water partition coefficient (Wildman–Crippen LogP) is 3.27. The molecule has 1 heterocycles. The zero-order valence-corrected chi connectivity index (χ0v) is 12.6. The van der Waals surface area contributed by atoms with E-state index in [4.69, 9.17) is 4.74 Å². The molecule has 0 amide bonds. The molecule has 0 bridgehead atoms. The van der Waals surface area contributed by atoms with Gasteiger partial charge in [-0.15, -0.1) is 0 Å². The molecule has 106 valence electrons. The monoisotopic (exact) mass is 263 g/mol. The molecular weight excluding hydrogens is 238 g/mol. The van der Waals surface area contributed by atoms with Gasteiger partial charge in [0.25, 0.3) is 0 Å². The van der Waals surface area contributed by atoms with Crippen molar-refractivity contribution in [2.24, 2.45) is 5.41 Å². The second kappa shape index (κ2) is 4.78. The Morgan fingerprint density at radius 3 is 2.68 bits per heavy atom. The minimum absolute atomic E-state index is 0.0306. The molecule has 1 saturated heterocycles. The first kappa shape index (κ1) is 14.3. The number of esters is 1. The molecule has 3 heteroatoms. The third kappa shape index (κ3) is 2.92. The van der Waals surface area contributed by atoms with Gasteiger partial charge in [0.2, 0.25) is 0 Å². The quantitative estimate of drug-likeness (QED) is 0.537. The van der Waals surface area contributed by atoms with Gasteiger partial charge in [-0.1, -0.05) is 12.2 Å². The summed E-state index contributed by atoms with van der Waals surface area (Å²) in [5.74, 6) is 0.697. The van der Waals surface area contributed by atoms with Crippen molar-refractivity contribution in [1.82, 2.24) is 4.90 Å². The van der Waals surface area contributed by atoms with Gasteiger partial charge in [-0.25, -0.2) is 0 Å². The van der Waals surface area contributed by atoms with E-state index < -0.39 is 5.41 Å². The lowest BCUT2D eigenvalue weighted by Crippen LogP contribution is -2.41. The van der Waals surface area contributed by atoms with E-state index in [1.54, 1.807) is 0 Å². The number of likely N-dealkylation sites (tertiary alicyclic amines) is 1. The summed E-state index contributed by atoms with van der Waals surface area (Å²) in [6, 6.07) is 0. The van der Waals surface area contributed by atoms with E-state index in [-0.39, 0.29) is 11.5 Å². The third-order valence-corrected chi connectivity index (χ3v) is 4.08. The lowest BCUT2D eigenvalue weighted by atomic mass is 9.84. The number of hydrogen-bond donors (Lipinski definition) is 0. The summed E-state index contributed by atoms with van der Waals surface area (Å²) in [7, 11) is 2.13. The number of carbonyl (C=O) groups is 1. The first-order valence-corrected chi connectivity index (χ1v) is 7.05. The number of carbonyl (C=O) groups excluding carboxylic acids is 1. The van der Waals surface area contributed by atoms with E-state index in [1.807, 2.05) is 20.8 Å². The zero-order chi connectivity index (χ0) is 14.3. The molecule has 1 aliphatic heterocycles. The lowest BCUT2D eigenvalue weighted by molar-refractivity contribution is -0.149. The van der Waals surface area contributed by atoms with Gasteiger partial charge in [0.05, 0.1) is 5.41 Å². The van der Waals surface area contributed by atoms with Crippen LogP contribution in [-0.4, -0.2) is 30.0 Å². The summed E-state index contributed by atoms with van der Waals surface area (Å²) >= 11 is 0. The summed E-state index contributed by atoms with van der Waals surface area (Å²) in [4.78, 5) is 14.3. The van der Waals surface area contributed by atoms with Crippen molar-refractivity contribution >= 4 is 5.97 Å². The standard InChI is InChI=1S/C16H25NO2/c1-12-9-16(17(5)11-12)8-6-7-13(10-16)19-14(18)15(2,3)4/h10H,1,6-9,11H2,2-5H3. The number of hydrogen-bond acceptors (Lipinski definition) is 3. The van der Waals surface area contributed by atoms with Gasteiger partial charge in [0.15, 0.2) is 0 Å². The van der Waals surface area contributed by atoms with Gasteiger partial charge in [-0.3, -0.25) is 9.69 Å². The number of allylic oxidation sites excluding steroid dienone is 1. The molecule has 0 radical (unpaired) electrons. The molecule has 2 rings (SSSR count). The molecule has 0 aromatic rings. The van der Waals surface area contributed by atoms with Crippen LogP contribution in [0.5, 0.6) is 0 Å². The Kier molecular flexibility index (Phi) is 3.61. The fraction of sp³-hybridized carbons (Fsp3) is 0.688. The summed E-state index contributed by atoms with van der Waals surface area (Å²) < 4.78 is 5.59. The SMILES string of the molecule is C=C1CN(C)C2(C=C(OC(=O)C(C)(C)C)CCC2)C1. The first-order chi connectivity index (χ1) is 8.73. The average molecular weight is 263 g/mol. The molecule has 0 aromatic carbocycles. The normalized spacial score (nSPS) is 28.6. The Morgan fingerprint density at radius 1 is 1.47 bits per heavy atom. The highest BCUT2D eigenvalue weighted by atomic mass is 16.5. The highest BCUT2D eigenvalue weighted by Gasteiger charge is 2.41. The smallest absolute Gasteiger partial charge is 0.316 e. The first-order valence-electron chi connectivity index (χ1n) is 7.05. The molecule has 1 fully saturated rings. The van der Waals surface area contributed by atoms with Crippen molar-refractivity contribution in [3.63, 3.8) is 0 Å². The largest absolute Gasteiger partial charge is 0.431 e. The van der Waals surface area contributed by atoms with Crippen LogP contribution in [0.3, 0.4) is 0 Å². The summed E-state index contributed by atoms with van der Waals surface area (Å²) in [6.45, 7) is 10.7. The van der Waals surface area contributed by atoms with Gasteiger partial charge in [-0.2, -0.15) is 0 Å². The second-order valence-corrected chi connectivity index (χ2v) is 6.99. The molecule has 1 aliphatic carbocycles. The third-order valence-electron chi connectivity index (χ3n) is 4.08. The van der Waals surface area contributed by atoms with E-state index in [0.717, 1.165) is 38.0 Å². The highest BCUT2D eigenvalue weighted by molar-refractivity contribution is 5.76. The van der Waals surface area contributed by atoms with Gasteiger partial charge in [-0.05, 0) is 53.2 Å². The highest BCUT2D eigenvalue weighted by Crippen LogP contribution is 2.41. The van der Waals surface area contributed by atoms with Crippen LogP contribution in [0.4, 0.5) is 0 Å². The zero-order valence-electron chi connectivity index (χ0n) is 12.6. The maximum absolute atomic E-state index is 12.0. The molecule has 1 atom stereocenters. The van der Waals surface area contributed by atoms with E-state index >= 15 is 0 Å². The maximum Gasteiger partial charge on any atom is 0.316 e. The Morgan fingerprint density at radius 2 is 2.16 bits per heavy atom. The van der Waals surface area contributed by atoms with Crippen molar-refractivity contribution in [3.05, 3.63) is 24.0 Å². The van der Waals surface area contributed by atoms with Crippen LogP contribution in [0.25, 0.3) is 0 Å². The molecule has 0 saturated carbocycles. The second-order valence-electron chi connectivity index (χ2n) is 6.99. The number of rotatable bonds is 1. The van der Waals surface area contributed by atoms with Crippen LogP contribution in [0.15, 0.2) is 24.0 Å². The van der Waals surface area contributed by atoms with Crippen LogP contribution in [0.1, 0.15) is 46.5 Å². The van der Waals surface area contributed by atoms with Crippen molar-refractivity contribution in [2.45, 2.75) is 52.0 Å². The summed E-state index contributed by atoms with van der Waals surface area (Å²) in [6.07, 6.45) is 6.21. The molecule has 1 spiro atoms. The molecular formula is C16H25NO2. The predicted molar refractivity (Wildman–Crippen MR) is 76.6 cm³/mol. The van der Waals surface area contributed by atoms with Crippen molar-refractivity contribution in [1.29, 1.82) is 0 Å². The molecule has 19 heavy (non-hydrogen) atoms. The minimum Gasteiger partial charge on any atom is -0.431 e. The molecule has 0 N–H and O–H groups in total. The minimum atomic E-state index is -0.448. The van der Waals surface area contributed by atoms with Crippen LogP contribution >= 0.6 is 0 Å². The van der Waals surface area contributed by atoms with Gasteiger partial charge >= 0.3 is 5.97 Å². The van der Waals surface area contributed by atoms with Gasteiger partial charge in [0, 0.05) is 18.5 Å². The van der Waals surface area contributed by atoms with Crippen LogP contribution in [-0.2, 0) is 9.53 Å². The van der Waals surface area contributed by atoms with E-state index in [9.17, 15) is 4.79 Å². The van der Waals surface area contributed by atoms with E-state index in [1.165, 1.54) is 5.57 Å². The van der Waals surface area contributed by atoms with Crippen molar-refractivity contribution in [2.75, 3.05) is 13.6 Å². The van der Waals surface area contributed by atoms with Gasteiger partial charge < -0.3 is 4.74 Å². The van der Waals surface area contributed by atoms with Crippen molar-refractivity contribution < 1.29 is 9.53 Å². The fourth-order valence-electron chi connectivity index (χ4n) is 2.92. The van der Waals surface area contributed by atoms with Crippen LogP contribution in [0, 0.1) is 5.41 Å². The van der Waals surface area contributed by atoms with E-state index in [0.29, 0.717) is 0 Å². The maximum atomic E-state index is 12.0. The fourth-order valence-corrected chi connectivity index (χ4v) is 2.92. The molecule has 2 aliphatic rings. The van der Waals surface area contributed by atoms with Crippen LogP contribution in [0.2, 0.25) is 0 Å². The summed E-state index contributed by atoms with van der Waals surface area (Å²) in [5, 5.41) is 0. The number of likely N-dealkylation sites (N-methyl/N-ethyl adjacent to an activating group) is 1. The molecule has 3 nitrogen and oxygen atoms in total. The lowest BCUT2D eigenvalue weighted by Gasteiger charge is -2.37.